The molecule has 5 heteroatoms. The van der Waals surface area contributed by atoms with Crippen LogP contribution in [-0.4, -0.2) is 39.5 Å². The van der Waals surface area contributed by atoms with Crippen molar-refractivity contribution in [1.29, 1.82) is 0 Å². The van der Waals surface area contributed by atoms with Crippen LogP contribution in [-0.2, 0) is 6.54 Å². The molecule has 0 aliphatic rings. The van der Waals surface area contributed by atoms with Crippen molar-refractivity contribution in [3.05, 3.63) is 83.7 Å². The van der Waals surface area contributed by atoms with E-state index in [1.54, 1.807) is 11.8 Å². The van der Waals surface area contributed by atoms with Crippen molar-refractivity contribution in [2.24, 2.45) is 0 Å². The number of hydrogen-bond donors (Lipinski definition) is 0. The Labute approximate surface area is 172 Å². The van der Waals surface area contributed by atoms with E-state index in [0.29, 0.717) is 0 Å². The first-order valence-electron chi connectivity index (χ1n) is 9.67. The van der Waals surface area contributed by atoms with E-state index in [-0.39, 0.29) is 6.04 Å². The molecule has 4 nitrogen and oxygen atoms in total. The average Bonchev–Trinajstić information content (AvgIpc) is 3.09. The summed E-state index contributed by atoms with van der Waals surface area (Å²) in [5, 5.41) is 10.1. The molecule has 0 radical (unpaired) electrons. The van der Waals surface area contributed by atoms with Gasteiger partial charge in [-0.05, 0) is 31.6 Å². The predicted molar refractivity (Wildman–Crippen MR) is 118 cm³/mol. The van der Waals surface area contributed by atoms with E-state index >= 15 is 0 Å². The van der Waals surface area contributed by atoms with Gasteiger partial charge < -0.3 is 4.57 Å². The van der Waals surface area contributed by atoms with Gasteiger partial charge in [0, 0.05) is 5.75 Å². The summed E-state index contributed by atoms with van der Waals surface area (Å²) in [5.41, 5.74) is 2.48. The van der Waals surface area contributed by atoms with Crippen molar-refractivity contribution < 1.29 is 0 Å². The Bertz CT molecular complexity index is 872. The first-order valence-corrected chi connectivity index (χ1v) is 10.7. The number of thioether (sulfide) groups is 1. The van der Waals surface area contributed by atoms with Gasteiger partial charge in [0.05, 0.1) is 12.6 Å². The monoisotopic (exact) mass is 392 g/mol. The van der Waals surface area contributed by atoms with Gasteiger partial charge in [-0.1, -0.05) is 91.5 Å². The maximum Gasteiger partial charge on any atom is 0.191 e. The minimum atomic E-state index is 0.255. The minimum Gasteiger partial charge on any atom is -0.300 e. The third-order valence-corrected chi connectivity index (χ3v) is 5.57. The quantitative estimate of drug-likeness (QED) is 0.472. The maximum atomic E-state index is 4.57. The summed E-state index contributed by atoms with van der Waals surface area (Å²) in [6, 6.07) is 21.2. The summed E-state index contributed by atoms with van der Waals surface area (Å²) in [4.78, 5) is 2.22. The molecule has 28 heavy (non-hydrogen) atoms. The molecule has 0 spiro atoms. The van der Waals surface area contributed by atoms with E-state index < -0.39 is 0 Å². The van der Waals surface area contributed by atoms with Crippen LogP contribution in [0, 0.1) is 0 Å². The van der Waals surface area contributed by atoms with E-state index in [4.69, 9.17) is 0 Å². The molecule has 0 saturated carbocycles. The topological polar surface area (TPSA) is 34.0 Å². The molecule has 2 aromatic carbocycles. The van der Waals surface area contributed by atoms with E-state index in [1.807, 2.05) is 6.07 Å². The second-order valence-electron chi connectivity index (χ2n) is 6.92. The fraction of sp³-hybridized carbons (Fsp3) is 0.304. The number of aromatic nitrogens is 3. The van der Waals surface area contributed by atoms with Gasteiger partial charge in [-0.15, -0.1) is 10.2 Å². The van der Waals surface area contributed by atoms with E-state index in [9.17, 15) is 0 Å². The summed E-state index contributed by atoms with van der Waals surface area (Å²) < 4.78 is 2.27. The van der Waals surface area contributed by atoms with Crippen LogP contribution in [0.5, 0.6) is 0 Å². The summed E-state index contributed by atoms with van der Waals surface area (Å²) in [7, 11) is 4.20. The Morgan fingerprint density at radius 3 is 2.32 bits per heavy atom. The molecule has 0 saturated heterocycles. The molecular weight excluding hydrogens is 364 g/mol. The van der Waals surface area contributed by atoms with Gasteiger partial charge >= 0.3 is 0 Å². The number of nitrogens with zero attached hydrogens (tertiary/aromatic N) is 4. The average molecular weight is 393 g/mol. The highest BCUT2D eigenvalue weighted by Crippen LogP contribution is 2.26. The van der Waals surface area contributed by atoms with Crippen LogP contribution in [0.1, 0.15) is 36.3 Å². The first-order chi connectivity index (χ1) is 13.7. The smallest absolute Gasteiger partial charge is 0.191 e. The van der Waals surface area contributed by atoms with Crippen LogP contribution in [0.3, 0.4) is 0 Å². The summed E-state index contributed by atoms with van der Waals surface area (Å²) in [6.07, 6.45) is 5.34. The Morgan fingerprint density at radius 1 is 1.00 bits per heavy atom. The van der Waals surface area contributed by atoms with Crippen LogP contribution in [0.2, 0.25) is 0 Å². The summed E-state index contributed by atoms with van der Waals surface area (Å²) in [5.74, 6) is 1.89. The first kappa shape index (κ1) is 20.4. The molecular formula is C23H28N4S. The Kier molecular flexibility index (Phi) is 7.46. The zero-order chi connectivity index (χ0) is 19.8. The van der Waals surface area contributed by atoms with E-state index in [0.717, 1.165) is 29.7 Å². The number of benzene rings is 2. The zero-order valence-electron chi connectivity index (χ0n) is 16.8. The Morgan fingerprint density at radius 2 is 1.68 bits per heavy atom. The van der Waals surface area contributed by atoms with Gasteiger partial charge in [0.2, 0.25) is 0 Å². The molecule has 146 valence electrons. The number of hydrogen-bond acceptors (Lipinski definition) is 4. The maximum absolute atomic E-state index is 4.57. The van der Waals surface area contributed by atoms with Crippen molar-refractivity contribution in [2.75, 3.05) is 19.8 Å². The van der Waals surface area contributed by atoms with Crippen LogP contribution in [0.25, 0.3) is 6.08 Å². The highest BCUT2D eigenvalue weighted by molar-refractivity contribution is 7.99. The molecule has 0 aliphatic heterocycles. The third kappa shape index (κ3) is 5.33. The SMILES string of the molecule is CCC(c1nnc(SC/C=C/c2ccccc2)n1Cc1ccccc1)N(C)C. The van der Waals surface area contributed by atoms with Gasteiger partial charge in [-0.3, -0.25) is 4.90 Å². The van der Waals surface area contributed by atoms with Crippen LogP contribution >= 0.6 is 11.8 Å². The van der Waals surface area contributed by atoms with E-state index in [2.05, 4.69) is 107 Å². The Hall–Kier alpha value is -2.37. The third-order valence-electron chi connectivity index (χ3n) is 4.66. The van der Waals surface area contributed by atoms with Crippen LogP contribution in [0.15, 0.2) is 71.9 Å². The zero-order valence-corrected chi connectivity index (χ0v) is 17.6. The highest BCUT2D eigenvalue weighted by Gasteiger charge is 2.21. The Balaban J connectivity index is 1.79. The molecule has 0 aliphatic carbocycles. The lowest BCUT2D eigenvalue weighted by molar-refractivity contribution is 0.272. The lowest BCUT2D eigenvalue weighted by atomic mass is 10.2. The van der Waals surface area contributed by atoms with Crippen molar-refractivity contribution in [3.8, 4) is 0 Å². The predicted octanol–water partition coefficient (Wildman–Crippen LogP) is 5.14. The van der Waals surface area contributed by atoms with E-state index in [1.165, 1.54) is 11.1 Å². The molecule has 1 heterocycles. The normalized spacial score (nSPS) is 12.7. The molecule has 3 aromatic rings. The van der Waals surface area contributed by atoms with Gasteiger partial charge in [0.1, 0.15) is 0 Å². The standard InChI is InChI=1S/C23H28N4S/c1-4-21(26(2)3)22-24-25-23(27(22)18-20-14-9-6-10-15-20)28-17-11-16-19-12-7-5-8-13-19/h5-16,21H,4,17-18H2,1-3H3/b16-11+. The van der Waals surface area contributed by atoms with Crippen molar-refractivity contribution in [1.82, 2.24) is 19.7 Å². The summed E-state index contributed by atoms with van der Waals surface area (Å²) in [6.45, 7) is 2.99. The molecule has 1 aromatic heterocycles. The van der Waals surface area contributed by atoms with Crippen LogP contribution < -0.4 is 0 Å². The van der Waals surface area contributed by atoms with Crippen molar-refractivity contribution in [3.63, 3.8) is 0 Å². The van der Waals surface area contributed by atoms with Gasteiger partial charge in [-0.2, -0.15) is 0 Å². The van der Waals surface area contributed by atoms with Crippen LogP contribution in [0.4, 0.5) is 0 Å². The molecule has 1 atom stereocenters. The fourth-order valence-corrected chi connectivity index (χ4v) is 3.97. The lowest BCUT2D eigenvalue weighted by Gasteiger charge is -2.23. The van der Waals surface area contributed by atoms with Gasteiger partial charge in [0.15, 0.2) is 11.0 Å². The second kappa shape index (κ2) is 10.2. The van der Waals surface area contributed by atoms with Crippen molar-refractivity contribution in [2.45, 2.75) is 31.1 Å². The second-order valence-corrected chi connectivity index (χ2v) is 7.91. The minimum absolute atomic E-state index is 0.255. The lowest BCUT2D eigenvalue weighted by Crippen LogP contribution is -2.23. The van der Waals surface area contributed by atoms with Gasteiger partial charge in [-0.25, -0.2) is 0 Å². The molecule has 0 N–H and O–H groups in total. The summed E-state index contributed by atoms with van der Waals surface area (Å²) >= 11 is 1.73. The van der Waals surface area contributed by atoms with Gasteiger partial charge in [0.25, 0.3) is 0 Å². The highest BCUT2D eigenvalue weighted by atomic mass is 32.2. The molecule has 0 fully saturated rings. The molecule has 3 rings (SSSR count). The van der Waals surface area contributed by atoms with Crippen molar-refractivity contribution >= 4 is 17.8 Å². The fourth-order valence-electron chi connectivity index (χ4n) is 3.22. The molecule has 0 bridgehead atoms. The number of rotatable bonds is 9. The molecule has 0 amide bonds. The molecule has 1 unspecified atom stereocenters. The largest absolute Gasteiger partial charge is 0.300 e.